The van der Waals surface area contributed by atoms with Crippen molar-refractivity contribution in [3.05, 3.63) is 48.3 Å². The molecule has 5 heteroatoms. The Bertz CT molecular complexity index is 562. The predicted molar refractivity (Wildman–Crippen MR) is 78.7 cm³/mol. The van der Waals surface area contributed by atoms with Gasteiger partial charge in [-0.25, -0.2) is 4.68 Å². The second kappa shape index (κ2) is 6.34. The number of hydrogen-bond donors (Lipinski definition) is 2. The third-order valence-corrected chi connectivity index (χ3v) is 3.22. The van der Waals surface area contributed by atoms with Crippen molar-refractivity contribution in [1.29, 1.82) is 0 Å². The first-order chi connectivity index (χ1) is 9.58. The highest BCUT2D eigenvalue weighted by molar-refractivity contribution is 5.93. The molecule has 0 fully saturated rings. The lowest BCUT2D eigenvalue weighted by Crippen LogP contribution is -2.40. The molecule has 2 aromatic rings. The molecule has 1 heterocycles. The smallest absolute Gasteiger partial charge is 0.254 e. The van der Waals surface area contributed by atoms with E-state index in [2.05, 4.69) is 10.4 Å². The van der Waals surface area contributed by atoms with Crippen LogP contribution in [0, 0.1) is 5.92 Å². The third kappa shape index (κ3) is 3.45. The van der Waals surface area contributed by atoms with E-state index in [0.29, 0.717) is 18.0 Å². The lowest BCUT2D eigenvalue weighted by atomic mass is 10.1. The van der Waals surface area contributed by atoms with E-state index >= 15 is 0 Å². The molecular weight excluding hydrogens is 252 g/mol. The summed E-state index contributed by atoms with van der Waals surface area (Å²) >= 11 is 0. The molecule has 1 amide bonds. The highest BCUT2D eigenvalue weighted by Gasteiger charge is 2.12. The Kier molecular flexibility index (Phi) is 4.53. The zero-order valence-corrected chi connectivity index (χ0v) is 11.8. The molecule has 0 aliphatic heterocycles. The lowest BCUT2D eigenvalue weighted by molar-refractivity contribution is 0.0949. The summed E-state index contributed by atoms with van der Waals surface area (Å²) in [5.41, 5.74) is 7.36. The van der Waals surface area contributed by atoms with Crippen LogP contribution in [0.5, 0.6) is 0 Å². The number of carbonyl (C=O) groups excluding carboxylic acids is 1. The SMILES string of the molecule is CC(C)C(N)CNC(=O)c1cnn(-c2ccccc2)c1. The van der Waals surface area contributed by atoms with Crippen LogP contribution in [0.4, 0.5) is 0 Å². The van der Waals surface area contributed by atoms with Crippen LogP contribution < -0.4 is 11.1 Å². The van der Waals surface area contributed by atoms with Gasteiger partial charge in [0, 0.05) is 18.8 Å². The number of amides is 1. The Morgan fingerprint density at radius 2 is 2.05 bits per heavy atom. The summed E-state index contributed by atoms with van der Waals surface area (Å²) in [5, 5.41) is 7.02. The van der Waals surface area contributed by atoms with Gasteiger partial charge in [0.05, 0.1) is 17.4 Å². The molecule has 0 radical (unpaired) electrons. The van der Waals surface area contributed by atoms with Gasteiger partial charge in [-0.2, -0.15) is 5.10 Å². The van der Waals surface area contributed by atoms with Crippen molar-refractivity contribution in [3.63, 3.8) is 0 Å². The van der Waals surface area contributed by atoms with Gasteiger partial charge in [-0.1, -0.05) is 32.0 Å². The minimum Gasteiger partial charge on any atom is -0.350 e. The van der Waals surface area contributed by atoms with E-state index in [1.165, 1.54) is 0 Å². The van der Waals surface area contributed by atoms with Crippen LogP contribution in [0.1, 0.15) is 24.2 Å². The largest absolute Gasteiger partial charge is 0.350 e. The number of nitrogens with two attached hydrogens (primary N) is 1. The molecule has 0 spiro atoms. The zero-order valence-electron chi connectivity index (χ0n) is 11.8. The fourth-order valence-electron chi connectivity index (χ4n) is 1.71. The molecule has 0 bridgehead atoms. The number of nitrogens with one attached hydrogen (secondary N) is 1. The molecule has 0 aliphatic carbocycles. The first-order valence-corrected chi connectivity index (χ1v) is 6.72. The van der Waals surface area contributed by atoms with Crippen LogP contribution >= 0.6 is 0 Å². The fourth-order valence-corrected chi connectivity index (χ4v) is 1.71. The third-order valence-electron chi connectivity index (χ3n) is 3.22. The van der Waals surface area contributed by atoms with Gasteiger partial charge in [0.2, 0.25) is 0 Å². The number of hydrogen-bond acceptors (Lipinski definition) is 3. The molecule has 0 saturated carbocycles. The fraction of sp³-hybridized carbons (Fsp3) is 0.333. The van der Waals surface area contributed by atoms with Crippen molar-refractivity contribution in [2.24, 2.45) is 11.7 Å². The van der Waals surface area contributed by atoms with Crippen molar-refractivity contribution in [3.8, 4) is 5.69 Å². The molecule has 0 aliphatic rings. The molecule has 1 aromatic heterocycles. The van der Waals surface area contributed by atoms with Gasteiger partial charge >= 0.3 is 0 Å². The van der Waals surface area contributed by atoms with E-state index < -0.39 is 0 Å². The van der Waals surface area contributed by atoms with Crippen LogP contribution in [0.3, 0.4) is 0 Å². The topological polar surface area (TPSA) is 72.9 Å². The van der Waals surface area contributed by atoms with Crippen LogP contribution in [-0.4, -0.2) is 28.3 Å². The molecule has 1 aromatic carbocycles. The summed E-state index contributed by atoms with van der Waals surface area (Å²) in [6.07, 6.45) is 3.27. The van der Waals surface area contributed by atoms with Crippen LogP contribution in [-0.2, 0) is 0 Å². The predicted octanol–water partition coefficient (Wildman–Crippen LogP) is 1.59. The van der Waals surface area contributed by atoms with E-state index in [1.807, 2.05) is 44.2 Å². The molecule has 2 rings (SSSR count). The summed E-state index contributed by atoms with van der Waals surface area (Å²) in [5.74, 6) is 0.186. The summed E-state index contributed by atoms with van der Waals surface area (Å²) in [4.78, 5) is 12.0. The molecular formula is C15H20N4O. The molecule has 0 saturated heterocycles. The normalized spacial score (nSPS) is 12.4. The Hall–Kier alpha value is -2.14. The van der Waals surface area contributed by atoms with Crippen molar-refractivity contribution < 1.29 is 4.79 Å². The van der Waals surface area contributed by atoms with Crippen LogP contribution in [0.25, 0.3) is 5.69 Å². The van der Waals surface area contributed by atoms with Crippen molar-refractivity contribution >= 4 is 5.91 Å². The summed E-state index contributed by atoms with van der Waals surface area (Å²) in [7, 11) is 0. The second-order valence-electron chi connectivity index (χ2n) is 5.13. The Morgan fingerprint density at radius 3 is 2.70 bits per heavy atom. The Morgan fingerprint density at radius 1 is 1.35 bits per heavy atom. The van der Waals surface area contributed by atoms with Crippen molar-refractivity contribution in [2.45, 2.75) is 19.9 Å². The average Bonchev–Trinajstić information content (AvgIpc) is 2.95. The molecule has 20 heavy (non-hydrogen) atoms. The maximum absolute atomic E-state index is 12.0. The molecule has 3 N–H and O–H groups in total. The maximum Gasteiger partial charge on any atom is 0.254 e. The van der Waals surface area contributed by atoms with Gasteiger partial charge in [0.15, 0.2) is 0 Å². The number of carbonyl (C=O) groups is 1. The molecule has 1 unspecified atom stereocenters. The van der Waals surface area contributed by atoms with Crippen LogP contribution in [0.15, 0.2) is 42.7 Å². The van der Waals surface area contributed by atoms with Gasteiger partial charge in [0.1, 0.15) is 0 Å². The van der Waals surface area contributed by atoms with E-state index in [0.717, 1.165) is 5.69 Å². The molecule has 106 valence electrons. The summed E-state index contributed by atoms with van der Waals surface area (Å²) < 4.78 is 1.68. The van der Waals surface area contributed by atoms with E-state index in [9.17, 15) is 4.79 Å². The number of benzene rings is 1. The minimum absolute atomic E-state index is 0.0388. The Balaban J connectivity index is 2.00. The van der Waals surface area contributed by atoms with Gasteiger partial charge in [-0.15, -0.1) is 0 Å². The first-order valence-electron chi connectivity index (χ1n) is 6.72. The van der Waals surface area contributed by atoms with E-state index in [1.54, 1.807) is 17.1 Å². The monoisotopic (exact) mass is 272 g/mol. The summed E-state index contributed by atoms with van der Waals surface area (Å²) in [6, 6.07) is 9.63. The highest BCUT2D eigenvalue weighted by Crippen LogP contribution is 2.07. The minimum atomic E-state index is -0.150. The number of nitrogens with zero attached hydrogens (tertiary/aromatic N) is 2. The second-order valence-corrected chi connectivity index (χ2v) is 5.13. The highest BCUT2D eigenvalue weighted by atomic mass is 16.1. The van der Waals surface area contributed by atoms with Crippen molar-refractivity contribution in [2.75, 3.05) is 6.54 Å². The zero-order chi connectivity index (χ0) is 14.5. The molecule has 1 atom stereocenters. The van der Waals surface area contributed by atoms with E-state index in [-0.39, 0.29) is 11.9 Å². The first kappa shape index (κ1) is 14.3. The van der Waals surface area contributed by atoms with Gasteiger partial charge in [0.25, 0.3) is 5.91 Å². The van der Waals surface area contributed by atoms with Gasteiger partial charge < -0.3 is 11.1 Å². The van der Waals surface area contributed by atoms with Gasteiger partial charge in [-0.05, 0) is 18.1 Å². The van der Waals surface area contributed by atoms with Gasteiger partial charge in [-0.3, -0.25) is 4.79 Å². The standard InChI is InChI=1S/C15H20N4O/c1-11(2)14(16)9-17-15(20)12-8-18-19(10-12)13-6-4-3-5-7-13/h3-8,10-11,14H,9,16H2,1-2H3,(H,17,20). The molecule has 5 nitrogen and oxygen atoms in total. The Labute approximate surface area is 118 Å². The quantitative estimate of drug-likeness (QED) is 0.868. The van der Waals surface area contributed by atoms with Crippen LogP contribution in [0.2, 0.25) is 0 Å². The average molecular weight is 272 g/mol. The number of para-hydroxylation sites is 1. The van der Waals surface area contributed by atoms with Crippen molar-refractivity contribution in [1.82, 2.24) is 15.1 Å². The number of rotatable bonds is 5. The maximum atomic E-state index is 12.0. The van der Waals surface area contributed by atoms with E-state index in [4.69, 9.17) is 5.73 Å². The number of aromatic nitrogens is 2. The lowest BCUT2D eigenvalue weighted by Gasteiger charge is -2.15. The summed E-state index contributed by atoms with van der Waals surface area (Å²) in [6.45, 7) is 4.53.